The van der Waals surface area contributed by atoms with Crippen LogP contribution in [0.5, 0.6) is 0 Å². The minimum Gasteiger partial charge on any atom is -0.396 e. The quantitative estimate of drug-likeness (QED) is 0.240. The summed E-state index contributed by atoms with van der Waals surface area (Å²) in [5.74, 6) is -0.0964. The predicted molar refractivity (Wildman–Crippen MR) is 182 cm³/mol. The SMILES string of the molecule is O=C1CCN(c2ccc(CN3CCN(c4ccc5c(c4)nc(NC(=O)c4cccc(C(F)(F)F)c4)n5C4CCC(CO)CC4)CC3)nn2)C(=O)N1. The average Bonchev–Trinajstić information content (AvgIpc) is 3.49. The number of rotatable bonds is 8. The number of hydrogen-bond donors (Lipinski definition) is 3. The third-order valence-electron chi connectivity index (χ3n) is 9.95. The number of benzene rings is 2. The van der Waals surface area contributed by atoms with Crippen LogP contribution < -0.4 is 20.4 Å². The number of fused-ring (bicyclic) bond motifs is 1. The van der Waals surface area contributed by atoms with Gasteiger partial charge < -0.3 is 14.6 Å². The van der Waals surface area contributed by atoms with Crippen LogP contribution in [0.1, 0.15) is 59.8 Å². The van der Waals surface area contributed by atoms with E-state index in [1.165, 1.54) is 17.0 Å². The summed E-state index contributed by atoms with van der Waals surface area (Å²) >= 11 is 0. The fourth-order valence-electron chi connectivity index (χ4n) is 7.09. The molecule has 2 aromatic heterocycles. The predicted octanol–water partition coefficient (Wildman–Crippen LogP) is 4.59. The first kappa shape index (κ1) is 34.4. The summed E-state index contributed by atoms with van der Waals surface area (Å²) < 4.78 is 42.1. The molecule has 7 rings (SSSR count). The highest BCUT2D eigenvalue weighted by molar-refractivity contribution is 6.05. The van der Waals surface area contributed by atoms with Crippen LogP contribution in [0.25, 0.3) is 11.0 Å². The van der Waals surface area contributed by atoms with E-state index in [0.717, 1.165) is 80.9 Å². The van der Waals surface area contributed by atoms with E-state index in [9.17, 15) is 32.7 Å². The maximum absolute atomic E-state index is 13.4. The largest absolute Gasteiger partial charge is 0.416 e. The summed E-state index contributed by atoms with van der Waals surface area (Å²) in [5.41, 5.74) is 2.21. The van der Waals surface area contributed by atoms with Crippen molar-refractivity contribution in [3.05, 3.63) is 71.4 Å². The highest BCUT2D eigenvalue weighted by Crippen LogP contribution is 2.38. The van der Waals surface area contributed by atoms with E-state index in [2.05, 4.69) is 30.6 Å². The molecule has 4 heterocycles. The van der Waals surface area contributed by atoms with Gasteiger partial charge in [-0.1, -0.05) is 6.07 Å². The summed E-state index contributed by atoms with van der Waals surface area (Å²) in [6.07, 6.45) is -1.19. The molecule has 4 amide bonds. The Morgan fingerprint density at radius 2 is 1.73 bits per heavy atom. The van der Waals surface area contributed by atoms with Crippen LogP contribution in [-0.4, -0.2) is 86.9 Å². The van der Waals surface area contributed by atoms with Crippen molar-refractivity contribution in [2.24, 2.45) is 5.92 Å². The van der Waals surface area contributed by atoms with E-state index in [4.69, 9.17) is 4.98 Å². The zero-order valence-corrected chi connectivity index (χ0v) is 27.8. The molecule has 16 heteroatoms. The zero-order valence-electron chi connectivity index (χ0n) is 27.8. The second kappa shape index (κ2) is 14.3. The average molecular weight is 706 g/mol. The normalized spacial score (nSPS) is 20.5. The summed E-state index contributed by atoms with van der Waals surface area (Å²) in [6.45, 7) is 3.97. The smallest absolute Gasteiger partial charge is 0.396 e. The van der Waals surface area contributed by atoms with Gasteiger partial charge in [0.2, 0.25) is 11.9 Å². The number of aliphatic hydroxyl groups excluding tert-OH is 1. The lowest BCUT2D eigenvalue weighted by molar-refractivity contribution is -0.137. The fraction of sp³-hybridized carbons (Fsp3) is 0.429. The molecule has 3 N–H and O–H groups in total. The summed E-state index contributed by atoms with van der Waals surface area (Å²) in [6, 6.07) is 13.4. The van der Waals surface area contributed by atoms with Crippen molar-refractivity contribution in [1.82, 2.24) is 30.0 Å². The minimum atomic E-state index is -4.58. The van der Waals surface area contributed by atoms with Crippen molar-refractivity contribution in [2.45, 2.75) is 50.9 Å². The Hall–Kier alpha value is -5.09. The Morgan fingerprint density at radius 3 is 2.41 bits per heavy atom. The molecule has 0 spiro atoms. The van der Waals surface area contributed by atoms with Gasteiger partial charge in [0, 0.05) is 69.6 Å². The number of imide groups is 1. The molecule has 3 aliphatic rings. The number of anilines is 3. The van der Waals surface area contributed by atoms with Crippen LogP contribution in [0.2, 0.25) is 0 Å². The van der Waals surface area contributed by atoms with Gasteiger partial charge in [0.1, 0.15) is 0 Å². The van der Waals surface area contributed by atoms with Gasteiger partial charge in [-0.3, -0.25) is 30.0 Å². The van der Waals surface area contributed by atoms with Gasteiger partial charge in [-0.2, -0.15) is 18.3 Å². The molecule has 0 atom stereocenters. The molecule has 51 heavy (non-hydrogen) atoms. The molecular formula is C35H38F3N9O4. The van der Waals surface area contributed by atoms with Gasteiger partial charge in [0.25, 0.3) is 5.91 Å². The number of alkyl halides is 3. The van der Waals surface area contributed by atoms with E-state index >= 15 is 0 Å². The summed E-state index contributed by atoms with van der Waals surface area (Å²) in [7, 11) is 0. The standard InChI is InChI=1S/C35H38F3N9O4/c36-35(37,38)24-3-1-2-23(18-24)32(50)41-33-39-28-19-27(9-10-29(28)47(33)26-7-4-22(21-48)5-8-26)45-16-14-44(15-17-45)20-25-6-11-30(43-42-25)46-13-12-31(49)40-34(46)51/h1-3,6,9-11,18-19,22,26,48H,4-5,7-8,12-17,20-21H2,(H,39,41,50)(H,40,49,51). The van der Waals surface area contributed by atoms with Crippen LogP contribution in [0.4, 0.5) is 35.4 Å². The lowest BCUT2D eigenvalue weighted by Crippen LogP contribution is -2.50. The van der Waals surface area contributed by atoms with Crippen LogP contribution in [0.3, 0.4) is 0 Å². The van der Waals surface area contributed by atoms with E-state index in [1.807, 2.05) is 28.8 Å². The van der Waals surface area contributed by atoms with Gasteiger partial charge >= 0.3 is 12.2 Å². The topological polar surface area (TPSA) is 149 Å². The van der Waals surface area contributed by atoms with Crippen LogP contribution in [0, 0.1) is 5.92 Å². The van der Waals surface area contributed by atoms with Gasteiger partial charge in [0.05, 0.1) is 22.3 Å². The molecule has 0 bridgehead atoms. The molecule has 0 unspecified atom stereocenters. The lowest BCUT2D eigenvalue weighted by atomic mass is 9.86. The van der Waals surface area contributed by atoms with Gasteiger partial charge in [-0.25, -0.2) is 9.78 Å². The molecule has 1 saturated carbocycles. The Labute approximate surface area is 291 Å². The van der Waals surface area contributed by atoms with Crippen molar-refractivity contribution in [1.29, 1.82) is 0 Å². The molecule has 4 aromatic rings. The molecule has 2 saturated heterocycles. The number of nitrogens with one attached hydrogen (secondary N) is 2. The van der Waals surface area contributed by atoms with Gasteiger partial charge in [-0.05, 0) is 80.1 Å². The first-order valence-corrected chi connectivity index (χ1v) is 17.1. The number of hydrogen-bond acceptors (Lipinski definition) is 9. The van der Waals surface area contributed by atoms with E-state index in [1.54, 1.807) is 6.07 Å². The number of amides is 4. The second-order valence-corrected chi connectivity index (χ2v) is 13.3. The second-order valence-electron chi connectivity index (χ2n) is 13.3. The van der Waals surface area contributed by atoms with Crippen molar-refractivity contribution in [3.63, 3.8) is 0 Å². The number of urea groups is 1. The first-order chi connectivity index (χ1) is 24.6. The zero-order chi connectivity index (χ0) is 35.7. The number of halogens is 3. The monoisotopic (exact) mass is 705 g/mol. The van der Waals surface area contributed by atoms with Crippen molar-refractivity contribution >= 4 is 46.3 Å². The third kappa shape index (κ3) is 7.51. The number of piperazine rings is 1. The van der Waals surface area contributed by atoms with E-state index in [0.29, 0.717) is 17.9 Å². The number of carbonyl (C=O) groups is 3. The molecular weight excluding hydrogens is 667 g/mol. The molecule has 2 aromatic carbocycles. The minimum absolute atomic E-state index is 0.00220. The van der Waals surface area contributed by atoms with Gasteiger partial charge in [-0.15, -0.1) is 5.10 Å². The molecule has 268 valence electrons. The highest BCUT2D eigenvalue weighted by Gasteiger charge is 2.32. The Morgan fingerprint density at radius 1 is 0.941 bits per heavy atom. The van der Waals surface area contributed by atoms with Crippen molar-refractivity contribution in [2.75, 3.05) is 54.4 Å². The summed E-state index contributed by atoms with van der Waals surface area (Å²) in [5, 5.41) is 23.3. The molecule has 2 aliphatic heterocycles. The Kier molecular flexibility index (Phi) is 9.61. The van der Waals surface area contributed by atoms with Crippen molar-refractivity contribution in [3.8, 4) is 0 Å². The highest BCUT2D eigenvalue weighted by atomic mass is 19.4. The number of imidazole rings is 1. The van der Waals surface area contributed by atoms with Gasteiger partial charge in [0.15, 0.2) is 5.82 Å². The lowest BCUT2D eigenvalue weighted by Gasteiger charge is -2.36. The molecule has 1 aliphatic carbocycles. The maximum Gasteiger partial charge on any atom is 0.416 e. The third-order valence-corrected chi connectivity index (χ3v) is 9.95. The molecule has 3 fully saturated rings. The molecule has 13 nitrogen and oxygen atoms in total. The summed E-state index contributed by atoms with van der Waals surface area (Å²) in [4.78, 5) is 47.6. The van der Waals surface area contributed by atoms with Crippen molar-refractivity contribution < 1.29 is 32.7 Å². The Balaban J connectivity index is 1.05. The number of aromatic nitrogens is 4. The fourth-order valence-corrected chi connectivity index (χ4v) is 7.09. The molecule has 0 radical (unpaired) electrons. The first-order valence-electron chi connectivity index (χ1n) is 17.1. The number of aliphatic hydroxyl groups is 1. The maximum atomic E-state index is 13.4. The van der Waals surface area contributed by atoms with Crippen LogP contribution >= 0.6 is 0 Å². The number of carbonyl (C=O) groups excluding carboxylic acids is 3. The van der Waals surface area contributed by atoms with E-state index < -0.39 is 23.7 Å². The van der Waals surface area contributed by atoms with Crippen LogP contribution in [-0.2, 0) is 17.5 Å². The number of nitrogens with zero attached hydrogens (tertiary/aromatic N) is 7. The Bertz CT molecular complexity index is 1920. The van der Waals surface area contributed by atoms with Crippen LogP contribution in [0.15, 0.2) is 54.6 Å². The van der Waals surface area contributed by atoms with E-state index in [-0.39, 0.29) is 49.0 Å².